The molecule has 0 bridgehead atoms. The molecule has 0 unspecified atom stereocenters. The molecule has 0 radical (unpaired) electrons. The van der Waals surface area contributed by atoms with Gasteiger partial charge in [0, 0.05) is 31.9 Å². The topological polar surface area (TPSA) is 80.2 Å². The molecular weight excluding hydrogens is 354 g/mol. The lowest BCUT2D eigenvalue weighted by Gasteiger charge is -2.06. The molecule has 6 nitrogen and oxygen atoms in total. The van der Waals surface area contributed by atoms with Gasteiger partial charge in [0.2, 0.25) is 12.3 Å². The molecule has 1 aromatic carbocycles. The average Bonchev–Trinajstić information content (AvgIpc) is 2.67. The highest BCUT2D eigenvalue weighted by molar-refractivity contribution is 5.78. The van der Waals surface area contributed by atoms with Crippen molar-refractivity contribution < 1.29 is 9.59 Å². The number of amides is 2. The van der Waals surface area contributed by atoms with Crippen molar-refractivity contribution in [1.29, 1.82) is 0 Å². The van der Waals surface area contributed by atoms with Crippen LogP contribution in [-0.4, -0.2) is 30.5 Å². The Morgan fingerprint density at radius 3 is 2.36 bits per heavy atom. The van der Waals surface area contributed by atoms with E-state index in [-0.39, 0.29) is 11.5 Å². The van der Waals surface area contributed by atoms with Gasteiger partial charge in [0.25, 0.3) is 5.56 Å². The molecule has 0 saturated carbocycles. The van der Waals surface area contributed by atoms with E-state index < -0.39 is 0 Å². The Balaban J connectivity index is 0.000000283. The van der Waals surface area contributed by atoms with Gasteiger partial charge in [-0.05, 0) is 36.5 Å². The van der Waals surface area contributed by atoms with Gasteiger partial charge < -0.3 is 15.2 Å². The van der Waals surface area contributed by atoms with E-state index in [1.807, 2.05) is 18.2 Å². The van der Waals surface area contributed by atoms with E-state index in [9.17, 15) is 14.4 Å². The number of hydrogen-bond acceptors (Lipinski definition) is 3. The number of nitrogens with one attached hydrogen (secondary N) is 2. The van der Waals surface area contributed by atoms with Crippen LogP contribution in [0.25, 0.3) is 0 Å². The normalized spacial score (nSPS) is 10.0. The highest BCUT2D eigenvalue weighted by Gasteiger charge is 2.02. The third-order valence-corrected chi connectivity index (χ3v) is 4.10. The van der Waals surface area contributed by atoms with Gasteiger partial charge in [-0.1, -0.05) is 44.2 Å². The molecule has 152 valence electrons. The first-order valence-electron chi connectivity index (χ1n) is 9.48. The minimum atomic E-state index is -0.00445. The molecule has 0 fully saturated rings. The molecule has 2 N–H and O–H groups in total. The van der Waals surface area contributed by atoms with Gasteiger partial charge in [0.15, 0.2) is 0 Å². The summed E-state index contributed by atoms with van der Waals surface area (Å²) in [7, 11) is 1.66. The number of nitrogens with zero attached hydrogens (tertiary/aromatic N) is 1. The molecule has 0 aliphatic heterocycles. The molecule has 1 aromatic heterocycles. The van der Waals surface area contributed by atoms with E-state index in [4.69, 9.17) is 0 Å². The van der Waals surface area contributed by atoms with Crippen LogP contribution in [0.5, 0.6) is 0 Å². The van der Waals surface area contributed by atoms with Crippen molar-refractivity contribution in [3.8, 4) is 0 Å². The zero-order valence-corrected chi connectivity index (χ0v) is 17.2. The minimum absolute atomic E-state index is 0.00445. The van der Waals surface area contributed by atoms with Crippen LogP contribution in [0.4, 0.5) is 0 Å². The summed E-state index contributed by atoms with van der Waals surface area (Å²) in [6, 6.07) is 11.9. The highest BCUT2D eigenvalue weighted by Crippen LogP contribution is 2.10. The van der Waals surface area contributed by atoms with Crippen LogP contribution in [0.2, 0.25) is 0 Å². The third kappa shape index (κ3) is 8.66. The summed E-state index contributed by atoms with van der Waals surface area (Å²) in [5.41, 5.74) is 3.12. The van der Waals surface area contributed by atoms with E-state index in [0.29, 0.717) is 37.4 Å². The van der Waals surface area contributed by atoms with Gasteiger partial charge in [0.1, 0.15) is 0 Å². The molecule has 0 aliphatic carbocycles. The quantitative estimate of drug-likeness (QED) is 0.539. The number of aromatic nitrogens is 1. The number of carbonyl (C=O) groups excluding carboxylic acids is 2. The van der Waals surface area contributed by atoms with Crippen LogP contribution in [0.1, 0.15) is 30.5 Å². The number of hydrogen-bond donors (Lipinski definition) is 2. The summed E-state index contributed by atoms with van der Waals surface area (Å²) < 4.78 is 1.58. The molecule has 2 aromatic rings. The van der Waals surface area contributed by atoms with Crippen molar-refractivity contribution in [2.24, 2.45) is 5.92 Å². The number of pyridine rings is 1. The predicted molar refractivity (Wildman–Crippen MR) is 112 cm³/mol. The highest BCUT2D eigenvalue weighted by atomic mass is 16.1. The summed E-state index contributed by atoms with van der Waals surface area (Å²) in [5.74, 6) is 0.737. The molecule has 28 heavy (non-hydrogen) atoms. The van der Waals surface area contributed by atoms with Gasteiger partial charge in [0.05, 0.1) is 6.42 Å². The first-order chi connectivity index (χ1) is 13.4. The molecule has 0 aliphatic rings. The lowest BCUT2D eigenvalue weighted by Crippen LogP contribution is -2.26. The van der Waals surface area contributed by atoms with Crippen LogP contribution in [0, 0.1) is 12.8 Å². The fourth-order valence-corrected chi connectivity index (χ4v) is 2.62. The van der Waals surface area contributed by atoms with Gasteiger partial charge in [-0.2, -0.15) is 0 Å². The van der Waals surface area contributed by atoms with Crippen molar-refractivity contribution in [3.05, 3.63) is 69.6 Å². The van der Waals surface area contributed by atoms with E-state index >= 15 is 0 Å². The van der Waals surface area contributed by atoms with Crippen molar-refractivity contribution in [3.63, 3.8) is 0 Å². The molecule has 6 heteroatoms. The Labute approximate surface area is 167 Å². The molecule has 0 spiro atoms. The lowest BCUT2D eigenvalue weighted by atomic mass is 10.0. The second-order valence-corrected chi connectivity index (χ2v) is 7.03. The largest absolute Gasteiger partial charge is 0.359 e. The smallest absolute Gasteiger partial charge is 0.253 e. The number of carbonyl (C=O) groups is 2. The number of aryl methyl sites for hydroxylation is 1. The summed E-state index contributed by atoms with van der Waals surface area (Å²) in [4.78, 5) is 32.5. The Kier molecular flexibility index (Phi) is 10.3. The molecule has 0 saturated heterocycles. The van der Waals surface area contributed by atoms with Crippen LogP contribution in [-0.2, 0) is 29.0 Å². The number of rotatable bonds is 8. The Hall–Kier alpha value is -2.89. The number of likely N-dealkylation sites (N-methyl/N-ethyl adjacent to an activating group) is 1. The van der Waals surface area contributed by atoms with Crippen LogP contribution in [0.15, 0.2) is 47.4 Å². The number of benzene rings is 1. The summed E-state index contributed by atoms with van der Waals surface area (Å²) in [6.07, 6.45) is 3.90. The van der Waals surface area contributed by atoms with E-state index in [2.05, 4.69) is 36.6 Å². The van der Waals surface area contributed by atoms with Crippen molar-refractivity contribution in [2.75, 3.05) is 13.6 Å². The van der Waals surface area contributed by atoms with Crippen LogP contribution >= 0.6 is 0 Å². The average molecular weight is 386 g/mol. The SMILES string of the molecule is CNC(=O)Cc1ccc(CC(C)C)cc1.Cc1cccn(CCNC=O)c1=O. The minimum Gasteiger partial charge on any atom is -0.359 e. The van der Waals surface area contributed by atoms with E-state index in [0.717, 1.165) is 12.0 Å². The molecule has 2 amide bonds. The predicted octanol–water partition coefficient (Wildman–Crippen LogP) is 2.08. The Bertz CT molecular complexity index is 795. The summed E-state index contributed by atoms with van der Waals surface area (Å²) in [6.45, 7) is 7.18. The fourth-order valence-electron chi connectivity index (χ4n) is 2.62. The maximum atomic E-state index is 11.4. The maximum Gasteiger partial charge on any atom is 0.253 e. The molecule has 2 rings (SSSR count). The monoisotopic (exact) mass is 385 g/mol. The standard InChI is InChI=1S/C13H19NO.C9H12N2O2/c1-10(2)8-11-4-6-12(7-5-11)9-13(15)14-3;1-8-3-2-5-11(9(8)13)6-4-10-7-12/h4-7,10H,8-9H2,1-3H3,(H,14,15);2-3,5,7H,4,6H2,1H3,(H,10,12). The van der Waals surface area contributed by atoms with Gasteiger partial charge in [-0.3, -0.25) is 14.4 Å². The van der Waals surface area contributed by atoms with Crippen molar-refractivity contribution >= 4 is 12.3 Å². The van der Waals surface area contributed by atoms with Crippen LogP contribution in [0.3, 0.4) is 0 Å². The molecular formula is C22H31N3O3. The Morgan fingerprint density at radius 1 is 1.14 bits per heavy atom. The Morgan fingerprint density at radius 2 is 1.79 bits per heavy atom. The zero-order chi connectivity index (χ0) is 20.9. The van der Waals surface area contributed by atoms with Crippen molar-refractivity contribution in [1.82, 2.24) is 15.2 Å². The summed E-state index contributed by atoms with van der Waals surface area (Å²) in [5, 5.41) is 5.12. The van der Waals surface area contributed by atoms with Gasteiger partial charge in [-0.15, -0.1) is 0 Å². The van der Waals surface area contributed by atoms with E-state index in [1.54, 1.807) is 30.8 Å². The van der Waals surface area contributed by atoms with Gasteiger partial charge in [-0.25, -0.2) is 0 Å². The lowest BCUT2D eigenvalue weighted by molar-refractivity contribution is -0.120. The second kappa shape index (κ2) is 12.5. The first-order valence-corrected chi connectivity index (χ1v) is 9.48. The fraction of sp³-hybridized carbons (Fsp3) is 0.409. The first kappa shape index (κ1) is 23.1. The summed E-state index contributed by atoms with van der Waals surface area (Å²) >= 11 is 0. The van der Waals surface area contributed by atoms with Crippen LogP contribution < -0.4 is 16.2 Å². The van der Waals surface area contributed by atoms with Gasteiger partial charge >= 0.3 is 0 Å². The second-order valence-electron chi connectivity index (χ2n) is 7.03. The van der Waals surface area contributed by atoms with E-state index in [1.165, 1.54) is 5.56 Å². The third-order valence-electron chi connectivity index (χ3n) is 4.10. The molecule has 0 atom stereocenters. The molecule has 1 heterocycles. The maximum absolute atomic E-state index is 11.4. The zero-order valence-electron chi connectivity index (χ0n) is 17.2. The van der Waals surface area contributed by atoms with Crippen molar-refractivity contribution in [2.45, 2.75) is 40.2 Å².